The van der Waals surface area contributed by atoms with Gasteiger partial charge in [0.1, 0.15) is 24.9 Å². The van der Waals surface area contributed by atoms with Crippen LogP contribution < -0.4 is 25.7 Å². The molecule has 0 aliphatic carbocycles. The predicted molar refractivity (Wildman–Crippen MR) is 141 cm³/mol. The standard InChI is InChI=1S/C28H26N4O5/c1-3-22(27(34)30-18-12-13-24-25(16-18)37-15-14-36-24)32-23-11-7-6-10-21(23)31-26(28(32)35)19-8-4-5-9-20(19)29-17(2)33/h4-13,16,22H,3,14-15H2,1-2H3,(H,29,33)(H,30,34). The molecular weight excluding hydrogens is 472 g/mol. The van der Waals surface area contributed by atoms with Gasteiger partial charge in [-0.2, -0.15) is 0 Å². The Morgan fingerprint density at radius 1 is 0.973 bits per heavy atom. The molecule has 0 saturated heterocycles. The second kappa shape index (κ2) is 10.1. The lowest BCUT2D eigenvalue weighted by Crippen LogP contribution is -2.34. The Labute approximate surface area is 213 Å². The molecule has 1 aliphatic rings. The van der Waals surface area contributed by atoms with Crippen LogP contribution in [0, 0.1) is 0 Å². The first-order valence-electron chi connectivity index (χ1n) is 12.0. The number of anilines is 2. The normalized spacial score (nSPS) is 13.1. The second-order valence-electron chi connectivity index (χ2n) is 8.62. The number of carbonyl (C=O) groups excluding carboxylic acids is 2. The molecule has 1 unspecified atom stereocenters. The summed E-state index contributed by atoms with van der Waals surface area (Å²) >= 11 is 0. The summed E-state index contributed by atoms with van der Waals surface area (Å²) in [5.74, 6) is 0.563. The van der Waals surface area contributed by atoms with Crippen molar-refractivity contribution in [2.75, 3.05) is 23.8 Å². The van der Waals surface area contributed by atoms with E-state index in [0.29, 0.717) is 59.1 Å². The smallest absolute Gasteiger partial charge is 0.278 e. The third-order valence-electron chi connectivity index (χ3n) is 6.10. The fraction of sp³-hybridized carbons (Fsp3) is 0.214. The Morgan fingerprint density at radius 2 is 1.70 bits per heavy atom. The van der Waals surface area contributed by atoms with Gasteiger partial charge in [-0.25, -0.2) is 4.98 Å². The summed E-state index contributed by atoms with van der Waals surface area (Å²) in [5, 5.41) is 5.68. The number of amides is 2. The zero-order valence-electron chi connectivity index (χ0n) is 20.5. The molecule has 1 aliphatic heterocycles. The molecule has 188 valence electrons. The van der Waals surface area contributed by atoms with E-state index in [1.54, 1.807) is 60.7 Å². The number of para-hydroxylation sites is 3. The molecule has 0 spiro atoms. The summed E-state index contributed by atoms with van der Waals surface area (Å²) in [6.07, 6.45) is 0.358. The van der Waals surface area contributed by atoms with Crippen LogP contribution in [0.1, 0.15) is 26.3 Å². The second-order valence-corrected chi connectivity index (χ2v) is 8.62. The van der Waals surface area contributed by atoms with E-state index < -0.39 is 11.6 Å². The van der Waals surface area contributed by atoms with Gasteiger partial charge in [0.15, 0.2) is 11.5 Å². The molecule has 2 amide bonds. The van der Waals surface area contributed by atoms with Gasteiger partial charge < -0.3 is 20.1 Å². The van der Waals surface area contributed by atoms with Crippen LogP contribution in [0.2, 0.25) is 0 Å². The van der Waals surface area contributed by atoms with Gasteiger partial charge in [0, 0.05) is 24.2 Å². The van der Waals surface area contributed by atoms with E-state index >= 15 is 0 Å². The Hall–Kier alpha value is -4.66. The topological polar surface area (TPSA) is 112 Å². The number of ether oxygens (including phenoxy) is 2. The molecule has 0 fully saturated rings. The van der Waals surface area contributed by atoms with E-state index in [1.165, 1.54) is 11.5 Å². The zero-order chi connectivity index (χ0) is 25.9. The maximum absolute atomic E-state index is 13.9. The highest BCUT2D eigenvalue weighted by Crippen LogP contribution is 2.33. The van der Waals surface area contributed by atoms with E-state index in [-0.39, 0.29) is 17.5 Å². The molecule has 9 heteroatoms. The predicted octanol–water partition coefficient (Wildman–Crippen LogP) is 4.38. The summed E-state index contributed by atoms with van der Waals surface area (Å²) in [7, 11) is 0. The molecule has 4 aromatic rings. The van der Waals surface area contributed by atoms with Crippen molar-refractivity contribution >= 4 is 34.2 Å². The summed E-state index contributed by atoms with van der Waals surface area (Å²) in [6, 6.07) is 18.5. The van der Waals surface area contributed by atoms with Gasteiger partial charge in [-0.05, 0) is 36.8 Å². The van der Waals surface area contributed by atoms with Crippen molar-refractivity contribution in [1.29, 1.82) is 0 Å². The first-order chi connectivity index (χ1) is 18.0. The fourth-order valence-electron chi connectivity index (χ4n) is 4.46. The minimum atomic E-state index is -0.819. The lowest BCUT2D eigenvalue weighted by Gasteiger charge is -2.22. The van der Waals surface area contributed by atoms with Crippen molar-refractivity contribution in [3.8, 4) is 22.8 Å². The largest absolute Gasteiger partial charge is 0.486 e. The van der Waals surface area contributed by atoms with Gasteiger partial charge in [-0.1, -0.05) is 37.3 Å². The van der Waals surface area contributed by atoms with Crippen molar-refractivity contribution in [3.63, 3.8) is 0 Å². The van der Waals surface area contributed by atoms with Gasteiger partial charge in [-0.15, -0.1) is 0 Å². The monoisotopic (exact) mass is 498 g/mol. The van der Waals surface area contributed by atoms with Crippen LogP contribution in [0.25, 0.3) is 22.3 Å². The molecular formula is C28H26N4O5. The average Bonchev–Trinajstić information content (AvgIpc) is 2.90. The number of aromatic nitrogens is 2. The van der Waals surface area contributed by atoms with Crippen LogP contribution in [-0.2, 0) is 9.59 Å². The molecule has 1 aromatic heterocycles. The van der Waals surface area contributed by atoms with Crippen LogP contribution in [-0.4, -0.2) is 34.6 Å². The first-order valence-corrected chi connectivity index (χ1v) is 12.0. The summed E-state index contributed by atoms with van der Waals surface area (Å²) in [4.78, 5) is 43.9. The molecule has 1 atom stereocenters. The summed E-state index contributed by atoms with van der Waals surface area (Å²) in [5.41, 5.74) is 2.29. The van der Waals surface area contributed by atoms with Crippen LogP contribution in [0.15, 0.2) is 71.5 Å². The molecule has 0 bridgehead atoms. The van der Waals surface area contributed by atoms with Crippen LogP contribution in [0.3, 0.4) is 0 Å². The van der Waals surface area contributed by atoms with E-state index in [9.17, 15) is 14.4 Å². The van der Waals surface area contributed by atoms with E-state index in [2.05, 4.69) is 15.6 Å². The van der Waals surface area contributed by atoms with Gasteiger partial charge in [0.25, 0.3) is 5.56 Å². The van der Waals surface area contributed by atoms with Crippen molar-refractivity contribution in [1.82, 2.24) is 9.55 Å². The minimum absolute atomic E-state index is 0.147. The van der Waals surface area contributed by atoms with Gasteiger partial charge in [-0.3, -0.25) is 19.0 Å². The number of hydrogen-bond acceptors (Lipinski definition) is 6. The molecule has 3 aromatic carbocycles. The Morgan fingerprint density at radius 3 is 2.49 bits per heavy atom. The number of fused-ring (bicyclic) bond motifs is 2. The van der Waals surface area contributed by atoms with Crippen LogP contribution >= 0.6 is 0 Å². The van der Waals surface area contributed by atoms with Gasteiger partial charge >= 0.3 is 0 Å². The molecule has 0 radical (unpaired) electrons. The van der Waals surface area contributed by atoms with E-state index in [0.717, 1.165) is 0 Å². The van der Waals surface area contributed by atoms with Crippen molar-refractivity contribution in [2.24, 2.45) is 0 Å². The minimum Gasteiger partial charge on any atom is -0.486 e. The Balaban J connectivity index is 1.60. The third-order valence-corrected chi connectivity index (χ3v) is 6.10. The Kier molecular flexibility index (Phi) is 6.59. The average molecular weight is 499 g/mol. The van der Waals surface area contributed by atoms with Crippen LogP contribution in [0.4, 0.5) is 11.4 Å². The number of hydrogen-bond donors (Lipinski definition) is 2. The summed E-state index contributed by atoms with van der Waals surface area (Å²) in [6.45, 7) is 4.16. The summed E-state index contributed by atoms with van der Waals surface area (Å²) < 4.78 is 12.7. The lowest BCUT2D eigenvalue weighted by molar-refractivity contribution is -0.119. The number of rotatable bonds is 6. The molecule has 37 heavy (non-hydrogen) atoms. The maximum atomic E-state index is 13.9. The highest BCUT2D eigenvalue weighted by Gasteiger charge is 2.26. The lowest BCUT2D eigenvalue weighted by atomic mass is 10.1. The molecule has 5 rings (SSSR count). The van der Waals surface area contributed by atoms with Gasteiger partial charge in [0.2, 0.25) is 11.8 Å². The number of nitrogens with one attached hydrogen (secondary N) is 2. The van der Waals surface area contributed by atoms with E-state index in [4.69, 9.17) is 9.47 Å². The van der Waals surface area contributed by atoms with Crippen molar-refractivity contribution in [3.05, 3.63) is 77.1 Å². The molecule has 2 heterocycles. The molecule has 9 nitrogen and oxygen atoms in total. The SMILES string of the molecule is CCC(C(=O)Nc1ccc2c(c1)OCCO2)n1c(=O)c(-c2ccccc2NC(C)=O)nc2ccccc21. The van der Waals surface area contributed by atoms with Gasteiger partial charge in [0.05, 0.1) is 16.7 Å². The first kappa shape index (κ1) is 24.1. The Bertz CT molecular complexity index is 1560. The van der Waals surface area contributed by atoms with E-state index in [1.807, 2.05) is 13.0 Å². The van der Waals surface area contributed by atoms with Crippen molar-refractivity contribution in [2.45, 2.75) is 26.3 Å². The molecule has 0 saturated carbocycles. The maximum Gasteiger partial charge on any atom is 0.278 e. The zero-order valence-corrected chi connectivity index (χ0v) is 20.5. The van der Waals surface area contributed by atoms with Crippen LogP contribution in [0.5, 0.6) is 11.5 Å². The third kappa shape index (κ3) is 4.75. The highest BCUT2D eigenvalue weighted by atomic mass is 16.6. The highest BCUT2D eigenvalue weighted by molar-refractivity contribution is 5.96. The quantitative estimate of drug-likeness (QED) is 0.408. The number of benzene rings is 3. The number of carbonyl (C=O) groups is 2. The number of nitrogens with zero attached hydrogens (tertiary/aromatic N) is 2. The molecule has 2 N–H and O–H groups in total. The fourth-order valence-corrected chi connectivity index (χ4v) is 4.46. The van der Waals surface area contributed by atoms with Crippen molar-refractivity contribution < 1.29 is 19.1 Å².